The summed E-state index contributed by atoms with van der Waals surface area (Å²) in [5.74, 6) is 0.524. The van der Waals surface area contributed by atoms with Crippen LogP contribution in [0, 0.1) is 11.7 Å². The Kier molecular flexibility index (Phi) is 4.08. The molecule has 2 atom stereocenters. The summed E-state index contributed by atoms with van der Waals surface area (Å²) in [6, 6.07) is 5.00. The van der Waals surface area contributed by atoms with E-state index in [2.05, 4.69) is 21.2 Å². The summed E-state index contributed by atoms with van der Waals surface area (Å²) in [6.45, 7) is 2.54. The summed E-state index contributed by atoms with van der Waals surface area (Å²) in [6.07, 6.45) is 2.62. The monoisotopic (exact) mass is 340 g/mol. The molecule has 1 N–H and O–H groups in total. The summed E-state index contributed by atoms with van der Waals surface area (Å²) < 4.78 is 13.9. The van der Waals surface area contributed by atoms with Crippen LogP contribution in [-0.4, -0.2) is 29.9 Å². The first-order valence-electron chi connectivity index (χ1n) is 7.09. The van der Waals surface area contributed by atoms with Gasteiger partial charge in [0, 0.05) is 23.5 Å². The molecule has 2 unspecified atom stereocenters. The van der Waals surface area contributed by atoms with Gasteiger partial charge in [0.15, 0.2) is 0 Å². The van der Waals surface area contributed by atoms with Gasteiger partial charge >= 0.3 is 0 Å². The molecule has 3 nitrogen and oxygen atoms in total. The molecule has 0 aromatic heterocycles. The topological polar surface area (TPSA) is 32.3 Å². The van der Waals surface area contributed by atoms with E-state index in [-0.39, 0.29) is 11.7 Å². The van der Waals surface area contributed by atoms with Crippen LogP contribution >= 0.6 is 15.9 Å². The van der Waals surface area contributed by atoms with Crippen molar-refractivity contribution in [2.24, 2.45) is 5.92 Å². The van der Waals surface area contributed by atoms with E-state index in [0.717, 1.165) is 36.0 Å². The molecule has 1 aromatic carbocycles. The first kappa shape index (κ1) is 14.0. The maximum Gasteiger partial charge on any atom is 0.223 e. The molecular formula is C15H18BrFN2O. The van der Waals surface area contributed by atoms with Gasteiger partial charge in [-0.15, -0.1) is 0 Å². The maximum absolute atomic E-state index is 13.2. The van der Waals surface area contributed by atoms with Gasteiger partial charge in [-0.05, 0) is 49.5 Å². The molecule has 0 saturated carbocycles. The first-order valence-corrected chi connectivity index (χ1v) is 7.88. The molecule has 2 fully saturated rings. The Bertz CT molecular complexity index is 523. The Morgan fingerprint density at radius 3 is 3.05 bits per heavy atom. The molecule has 20 heavy (non-hydrogen) atoms. The molecule has 1 amide bonds. The number of hydrogen-bond donors (Lipinski definition) is 1. The fourth-order valence-electron chi connectivity index (χ4n) is 3.29. The average Bonchev–Trinajstić information content (AvgIpc) is 2.44. The van der Waals surface area contributed by atoms with E-state index in [1.54, 1.807) is 6.07 Å². The number of halogens is 2. The van der Waals surface area contributed by atoms with Gasteiger partial charge in [0.05, 0.1) is 0 Å². The number of fused-ring (bicyclic) bond motifs is 1. The van der Waals surface area contributed by atoms with Gasteiger partial charge in [-0.1, -0.05) is 22.0 Å². The Labute approximate surface area is 126 Å². The van der Waals surface area contributed by atoms with E-state index in [1.165, 1.54) is 12.1 Å². The SMILES string of the molecule is O=C1CCC2CNCCC2N1Cc1ccc(F)cc1Br. The highest BCUT2D eigenvalue weighted by Crippen LogP contribution is 2.31. The van der Waals surface area contributed by atoms with Crippen LogP contribution in [0.15, 0.2) is 22.7 Å². The predicted octanol–water partition coefficient (Wildman–Crippen LogP) is 2.69. The number of rotatable bonds is 2. The largest absolute Gasteiger partial charge is 0.335 e. The minimum atomic E-state index is -0.259. The number of nitrogens with zero attached hydrogens (tertiary/aromatic N) is 1. The normalized spacial score (nSPS) is 26.5. The highest BCUT2D eigenvalue weighted by molar-refractivity contribution is 9.10. The van der Waals surface area contributed by atoms with Gasteiger partial charge in [0.2, 0.25) is 5.91 Å². The van der Waals surface area contributed by atoms with Crippen molar-refractivity contribution in [3.63, 3.8) is 0 Å². The van der Waals surface area contributed by atoms with E-state index in [1.807, 2.05) is 4.90 Å². The Morgan fingerprint density at radius 2 is 2.25 bits per heavy atom. The van der Waals surface area contributed by atoms with Crippen molar-refractivity contribution in [3.05, 3.63) is 34.1 Å². The summed E-state index contributed by atoms with van der Waals surface area (Å²) >= 11 is 3.39. The van der Waals surface area contributed by atoms with E-state index < -0.39 is 0 Å². The second-order valence-corrected chi connectivity index (χ2v) is 6.47. The van der Waals surface area contributed by atoms with Crippen molar-refractivity contribution in [3.8, 4) is 0 Å². The molecule has 2 aliphatic heterocycles. The fraction of sp³-hybridized carbons (Fsp3) is 0.533. The van der Waals surface area contributed by atoms with Crippen LogP contribution < -0.4 is 5.32 Å². The van der Waals surface area contributed by atoms with Crippen LogP contribution in [0.25, 0.3) is 0 Å². The number of amides is 1. The second-order valence-electron chi connectivity index (χ2n) is 5.62. The van der Waals surface area contributed by atoms with Gasteiger partial charge in [-0.3, -0.25) is 4.79 Å². The van der Waals surface area contributed by atoms with Gasteiger partial charge in [-0.2, -0.15) is 0 Å². The van der Waals surface area contributed by atoms with Gasteiger partial charge < -0.3 is 10.2 Å². The van der Waals surface area contributed by atoms with Crippen LogP contribution in [-0.2, 0) is 11.3 Å². The standard InChI is InChI=1S/C15H18BrFN2O/c16-13-7-12(17)3-1-11(13)9-19-14-5-6-18-8-10(14)2-4-15(19)20/h1,3,7,10,14,18H,2,4-6,8-9H2. The van der Waals surface area contributed by atoms with Crippen molar-refractivity contribution >= 4 is 21.8 Å². The summed E-state index contributed by atoms with van der Waals surface area (Å²) in [7, 11) is 0. The minimum Gasteiger partial charge on any atom is -0.335 e. The first-order chi connectivity index (χ1) is 9.65. The molecule has 0 spiro atoms. The van der Waals surface area contributed by atoms with E-state index in [0.29, 0.717) is 24.9 Å². The molecule has 2 aliphatic rings. The molecule has 0 aliphatic carbocycles. The highest BCUT2D eigenvalue weighted by atomic mass is 79.9. The lowest BCUT2D eigenvalue weighted by Crippen LogP contribution is -2.54. The van der Waals surface area contributed by atoms with Crippen molar-refractivity contribution < 1.29 is 9.18 Å². The van der Waals surface area contributed by atoms with Gasteiger partial charge in [0.25, 0.3) is 0 Å². The predicted molar refractivity (Wildman–Crippen MR) is 78.6 cm³/mol. The molecule has 108 valence electrons. The van der Waals surface area contributed by atoms with Crippen molar-refractivity contribution in [2.75, 3.05) is 13.1 Å². The van der Waals surface area contributed by atoms with Crippen LogP contribution in [0.3, 0.4) is 0 Å². The second kappa shape index (κ2) is 5.82. The number of hydrogen-bond acceptors (Lipinski definition) is 2. The number of piperidine rings is 2. The van der Waals surface area contributed by atoms with Crippen LogP contribution in [0.4, 0.5) is 4.39 Å². The fourth-order valence-corrected chi connectivity index (χ4v) is 3.77. The molecule has 2 saturated heterocycles. The van der Waals surface area contributed by atoms with Crippen molar-refractivity contribution in [1.29, 1.82) is 0 Å². The zero-order valence-electron chi connectivity index (χ0n) is 11.2. The zero-order valence-corrected chi connectivity index (χ0v) is 12.8. The third-order valence-corrected chi connectivity index (χ3v) is 5.11. The molecule has 0 bridgehead atoms. The molecule has 5 heteroatoms. The number of benzene rings is 1. The van der Waals surface area contributed by atoms with Crippen molar-refractivity contribution in [1.82, 2.24) is 10.2 Å². The lowest BCUT2D eigenvalue weighted by atomic mass is 9.84. The smallest absolute Gasteiger partial charge is 0.223 e. The van der Waals surface area contributed by atoms with E-state index in [9.17, 15) is 9.18 Å². The maximum atomic E-state index is 13.2. The Hall–Kier alpha value is -0.940. The van der Waals surface area contributed by atoms with E-state index >= 15 is 0 Å². The quantitative estimate of drug-likeness (QED) is 0.897. The average molecular weight is 341 g/mol. The number of likely N-dealkylation sites (tertiary alicyclic amines) is 1. The third kappa shape index (κ3) is 2.74. The number of carbonyl (C=O) groups is 1. The van der Waals surface area contributed by atoms with Crippen molar-refractivity contribution in [2.45, 2.75) is 31.8 Å². The summed E-state index contributed by atoms with van der Waals surface area (Å²) in [5.41, 5.74) is 0.971. The van der Waals surface area contributed by atoms with E-state index in [4.69, 9.17) is 0 Å². The molecule has 0 radical (unpaired) electrons. The molecular weight excluding hydrogens is 323 g/mol. The molecule has 2 heterocycles. The van der Waals surface area contributed by atoms with Gasteiger partial charge in [0.1, 0.15) is 5.82 Å². The molecule has 3 rings (SSSR count). The Balaban J connectivity index is 1.81. The van der Waals surface area contributed by atoms with Crippen LogP contribution in [0.2, 0.25) is 0 Å². The van der Waals surface area contributed by atoms with Crippen LogP contribution in [0.1, 0.15) is 24.8 Å². The third-order valence-electron chi connectivity index (χ3n) is 4.37. The summed E-state index contributed by atoms with van der Waals surface area (Å²) in [5, 5.41) is 3.41. The highest BCUT2D eigenvalue weighted by Gasteiger charge is 2.37. The lowest BCUT2D eigenvalue weighted by molar-refractivity contribution is -0.140. The summed E-state index contributed by atoms with van der Waals surface area (Å²) in [4.78, 5) is 14.2. The Morgan fingerprint density at radius 1 is 1.40 bits per heavy atom. The van der Waals surface area contributed by atoms with Gasteiger partial charge in [-0.25, -0.2) is 4.39 Å². The zero-order chi connectivity index (χ0) is 14.1. The van der Waals surface area contributed by atoms with Crippen LogP contribution in [0.5, 0.6) is 0 Å². The number of carbonyl (C=O) groups excluding carboxylic acids is 1. The minimum absolute atomic E-state index is 0.226. The lowest BCUT2D eigenvalue weighted by Gasteiger charge is -2.44. The molecule has 1 aromatic rings. The number of nitrogens with one attached hydrogen (secondary N) is 1.